The van der Waals surface area contributed by atoms with Crippen LogP contribution >= 0.6 is 0 Å². The highest BCUT2D eigenvalue weighted by atomic mass is 16.1. The minimum absolute atomic E-state index is 0.0741. The van der Waals surface area contributed by atoms with E-state index < -0.39 is 0 Å². The van der Waals surface area contributed by atoms with Crippen LogP contribution in [0.2, 0.25) is 0 Å². The number of rotatable bonds is 2. The summed E-state index contributed by atoms with van der Waals surface area (Å²) in [6, 6.07) is 8.14. The average molecular weight is 258 g/mol. The van der Waals surface area contributed by atoms with Crippen LogP contribution in [-0.4, -0.2) is 24.0 Å². The van der Waals surface area contributed by atoms with Crippen molar-refractivity contribution in [1.82, 2.24) is 10.6 Å². The molecule has 3 nitrogen and oxygen atoms in total. The first kappa shape index (κ1) is 12.7. The van der Waals surface area contributed by atoms with Crippen molar-refractivity contribution in [3.8, 4) is 0 Å². The minimum Gasteiger partial charge on any atom is -0.349 e. The molecule has 2 fully saturated rings. The maximum Gasteiger partial charge on any atom is 0.251 e. The van der Waals surface area contributed by atoms with Crippen LogP contribution in [0, 0.1) is 6.92 Å². The molecule has 1 heterocycles. The molecule has 19 heavy (non-hydrogen) atoms. The highest BCUT2D eigenvalue weighted by Crippen LogP contribution is 2.38. The Labute approximate surface area is 114 Å². The van der Waals surface area contributed by atoms with Gasteiger partial charge in [0.15, 0.2) is 0 Å². The smallest absolute Gasteiger partial charge is 0.251 e. The Bertz CT molecular complexity index is 479. The summed E-state index contributed by atoms with van der Waals surface area (Å²) >= 11 is 0. The van der Waals surface area contributed by atoms with Crippen molar-refractivity contribution in [1.29, 1.82) is 0 Å². The molecule has 1 atom stereocenters. The zero-order valence-corrected chi connectivity index (χ0v) is 11.5. The fraction of sp³-hybridized carbons (Fsp3) is 0.562. The molecule has 1 aliphatic heterocycles. The van der Waals surface area contributed by atoms with E-state index in [1.54, 1.807) is 0 Å². The molecule has 1 aromatic rings. The van der Waals surface area contributed by atoms with Crippen LogP contribution in [0.1, 0.15) is 48.0 Å². The molecule has 1 unspecified atom stereocenters. The predicted molar refractivity (Wildman–Crippen MR) is 76.3 cm³/mol. The lowest BCUT2D eigenvalue weighted by molar-refractivity contribution is 0.0853. The lowest BCUT2D eigenvalue weighted by Crippen LogP contribution is -2.59. The summed E-state index contributed by atoms with van der Waals surface area (Å²) in [7, 11) is 0. The number of piperidine rings is 1. The highest BCUT2D eigenvalue weighted by molar-refractivity contribution is 5.94. The van der Waals surface area contributed by atoms with Crippen molar-refractivity contribution in [2.45, 2.75) is 50.6 Å². The molecule has 102 valence electrons. The largest absolute Gasteiger partial charge is 0.349 e. The average Bonchev–Trinajstić information content (AvgIpc) is 2.37. The number of amides is 1. The third kappa shape index (κ3) is 2.66. The molecular weight excluding hydrogens is 236 g/mol. The van der Waals surface area contributed by atoms with Crippen molar-refractivity contribution in [2.24, 2.45) is 0 Å². The summed E-state index contributed by atoms with van der Waals surface area (Å²) in [5.74, 6) is 0.0741. The molecule has 1 aromatic carbocycles. The lowest BCUT2D eigenvalue weighted by Gasteiger charge is -2.48. The van der Waals surface area contributed by atoms with Crippen molar-refractivity contribution in [3.63, 3.8) is 0 Å². The second kappa shape index (κ2) is 4.97. The van der Waals surface area contributed by atoms with E-state index in [1.165, 1.54) is 19.3 Å². The number of hydrogen-bond donors (Lipinski definition) is 2. The number of hydrogen-bond acceptors (Lipinski definition) is 2. The number of benzene rings is 1. The lowest BCUT2D eigenvalue weighted by atomic mass is 9.70. The first-order valence-corrected chi connectivity index (χ1v) is 7.29. The standard InChI is InChI=1S/C16H22N2O/c1-12-4-2-5-13(10-12)15(19)18-14-6-9-17-16(11-14)7-3-8-16/h2,4-5,10,14,17H,3,6-9,11H2,1H3,(H,18,19). The Morgan fingerprint density at radius 1 is 1.42 bits per heavy atom. The molecule has 0 aromatic heterocycles. The summed E-state index contributed by atoms with van der Waals surface area (Å²) in [6.07, 6.45) is 5.99. The van der Waals surface area contributed by atoms with Crippen LogP contribution in [0.15, 0.2) is 24.3 Å². The van der Waals surface area contributed by atoms with E-state index in [2.05, 4.69) is 10.6 Å². The first-order chi connectivity index (χ1) is 9.17. The molecule has 1 aliphatic carbocycles. The van der Waals surface area contributed by atoms with E-state index >= 15 is 0 Å². The summed E-state index contributed by atoms with van der Waals surface area (Å²) in [4.78, 5) is 12.3. The third-order valence-electron chi connectivity index (χ3n) is 4.56. The molecule has 3 rings (SSSR count). The van der Waals surface area contributed by atoms with Gasteiger partial charge in [-0.2, -0.15) is 0 Å². The van der Waals surface area contributed by atoms with Gasteiger partial charge in [0.1, 0.15) is 0 Å². The second-order valence-corrected chi connectivity index (χ2v) is 6.09. The molecule has 3 heteroatoms. The third-order valence-corrected chi connectivity index (χ3v) is 4.56. The molecule has 0 bridgehead atoms. The van der Waals surface area contributed by atoms with Gasteiger partial charge < -0.3 is 10.6 Å². The van der Waals surface area contributed by atoms with Gasteiger partial charge in [-0.1, -0.05) is 17.7 Å². The zero-order valence-electron chi connectivity index (χ0n) is 11.5. The Balaban J connectivity index is 1.63. The predicted octanol–water partition coefficient (Wildman–Crippen LogP) is 2.40. The molecule has 0 radical (unpaired) electrons. The SMILES string of the molecule is Cc1cccc(C(=O)NC2CCNC3(CCC3)C2)c1. The topological polar surface area (TPSA) is 41.1 Å². The van der Waals surface area contributed by atoms with Gasteiger partial charge in [-0.25, -0.2) is 0 Å². The van der Waals surface area contributed by atoms with Gasteiger partial charge in [0.25, 0.3) is 5.91 Å². The highest BCUT2D eigenvalue weighted by Gasteiger charge is 2.41. The second-order valence-electron chi connectivity index (χ2n) is 6.09. The van der Waals surface area contributed by atoms with Gasteiger partial charge in [0, 0.05) is 17.1 Å². The van der Waals surface area contributed by atoms with Crippen LogP contribution < -0.4 is 10.6 Å². The molecular formula is C16H22N2O. The molecule has 1 amide bonds. The van der Waals surface area contributed by atoms with Gasteiger partial charge in [0.05, 0.1) is 0 Å². The number of aryl methyl sites for hydroxylation is 1. The Morgan fingerprint density at radius 2 is 2.26 bits per heavy atom. The maximum atomic E-state index is 12.3. The van der Waals surface area contributed by atoms with E-state index in [-0.39, 0.29) is 5.91 Å². The van der Waals surface area contributed by atoms with Gasteiger partial charge in [-0.05, 0) is 57.7 Å². The van der Waals surface area contributed by atoms with Crippen LogP contribution in [0.4, 0.5) is 0 Å². The minimum atomic E-state index is 0.0741. The van der Waals surface area contributed by atoms with Crippen molar-refractivity contribution in [3.05, 3.63) is 35.4 Å². The van der Waals surface area contributed by atoms with Crippen LogP contribution in [0.25, 0.3) is 0 Å². The van der Waals surface area contributed by atoms with Crippen molar-refractivity contribution in [2.75, 3.05) is 6.54 Å². The van der Waals surface area contributed by atoms with Crippen LogP contribution in [0.5, 0.6) is 0 Å². The zero-order chi connectivity index (χ0) is 13.3. The molecule has 2 N–H and O–H groups in total. The van der Waals surface area contributed by atoms with Crippen LogP contribution in [-0.2, 0) is 0 Å². The van der Waals surface area contributed by atoms with E-state index in [4.69, 9.17) is 0 Å². The van der Waals surface area contributed by atoms with Gasteiger partial charge in [-0.15, -0.1) is 0 Å². The molecule has 1 spiro atoms. The van der Waals surface area contributed by atoms with Gasteiger partial charge in [0.2, 0.25) is 0 Å². The summed E-state index contributed by atoms with van der Waals surface area (Å²) < 4.78 is 0. The fourth-order valence-electron chi connectivity index (χ4n) is 3.32. The van der Waals surface area contributed by atoms with E-state index in [9.17, 15) is 4.79 Å². The molecule has 1 saturated heterocycles. The summed E-state index contributed by atoms with van der Waals surface area (Å²) in [5.41, 5.74) is 2.25. The molecule has 2 aliphatic rings. The van der Waals surface area contributed by atoms with E-state index in [0.29, 0.717) is 11.6 Å². The maximum absolute atomic E-state index is 12.3. The summed E-state index contributed by atoms with van der Waals surface area (Å²) in [5, 5.41) is 6.84. The van der Waals surface area contributed by atoms with E-state index in [1.807, 2.05) is 31.2 Å². The van der Waals surface area contributed by atoms with Gasteiger partial charge >= 0.3 is 0 Å². The normalized spacial score (nSPS) is 24.8. The Hall–Kier alpha value is -1.35. The quantitative estimate of drug-likeness (QED) is 0.855. The van der Waals surface area contributed by atoms with Gasteiger partial charge in [-0.3, -0.25) is 4.79 Å². The number of carbonyl (C=O) groups is 1. The first-order valence-electron chi connectivity index (χ1n) is 7.29. The number of nitrogens with one attached hydrogen (secondary N) is 2. The Kier molecular flexibility index (Phi) is 3.31. The summed E-state index contributed by atoms with van der Waals surface area (Å²) in [6.45, 7) is 3.05. The fourth-order valence-corrected chi connectivity index (χ4v) is 3.32. The monoisotopic (exact) mass is 258 g/mol. The molecule has 1 saturated carbocycles. The Morgan fingerprint density at radius 3 is 2.95 bits per heavy atom. The van der Waals surface area contributed by atoms with Crippen molar-refractivity contribution >= 4 is 5.91 Å². The van der Waals surface area contributed by atoms with Crippen LogP contribution in [0.3, 0.4) is 0 Å². The van der Waals surface area contributed by atoms with E-state index in [0.717, 1.165) is 30.5 Å². The van der Waals surface area contributed by atoms with Crippen molar-refractivity contribution < 1.29 is 4.79 Å². The number of carbonyl (C=O) groups excluding carboxylic acids is 1.